The van der Waals surface area contributed by atoms with Gasteiger partial charge in [0, 0.05) is 36.4 Å². The van der Waals surface area contributed by atoms with Crippen molar-refractivity contribution in [2.45, 2.75) is 6.92 Å². The van der Waals surface area contributed by atoms with Crippen LogP contribution < -0.4 is 10.2 Å². The quantitative estimate of drug-likeness (QED) is 0.381. The third-order valence-electron chi connectivity index (χ3n) is 5.49. The number of carbonyl (C=O) groups excluding carboxylic acids is 1. The highest BCUT2D eigenvalue weighted by Gasteiger charge is 2.13. The summed E-state index contributed by atoms with van der Waals surface area (Å²) in [5.74, 6) is -0.180. The van der Waals surface area contributed by atoms with E-state index >= 15 is 0 Å². The fraction of sp³-hybridized carbons (Fsp3) is 0.231. The van der Waals surface area contributed by atoms with Crippen LogP contribution in [0.4, 0.5) is 11.7 Å². The minimum atomic E-state index is -0.180. The Kier molecular flexibility index (Phi) is 6.67. The van der Waals surface area contributed by atoms with E-state index in [0.717, 1.165) is 29.8 Å². The second-order valence-corrected chi connectivity index (χ2v) is 8.83. The lowest BCUT2D eigenvalue weighted by atomic mass is 9.99. The average molecular weight is 463 g/mol. The molecule has 0 fully saturated rings. The van der Waals surface area contributed by atoms with Crippen molar-refractivity contribution in [3.05, 3.63) is 76.8 Å². The van der Waals surface area contributed by atoms with E-state index in [1.807, 2.05) is 93.6 Å². The number of oxazole rings is 1. The number of likely N-dealkylation sites (N-methyl/N-ethyl adjacent to an activating group) is 2. The standard InChI is InChI=1S/C26H27ClN4O2/c1-17-15-20(27)9-11-22(17)18-5-7-19(8-6-18)25(32)28-21-10-12-24-23(16-21)29-26(33-24)31(4)14-13-30(2)3/h5-12,15-16H,13-14H2,1-4H3,(H,28,32). The molecule has 0 aliphatic heterocycles. The summed E-state index contributed by atoms with van der Waals surface area (Å²) in [6, 6.07) is 19.4. The van der Waals surface area contributed by atoms with Gasteiger partial charge < -0.3 is 19.5 Å². The predicted molar refractivity (Wildman–Crippen MR) is 135 cm³/mol. The van der Waals surface area contributed by atoms with Crippen LogP contribution in [0.25, 0.3) is 22.2 Å². The van der Waals surface area contributed by atoms with Gasteiger partial charge in [-0.15, -0.1) is 0 Å². The number of fused-ring (bicyclic) bond motifs is 1. The molecule has 0 aliphatic rings. The molecule has 1 aromatic heterocycles. The SMILES string of the molecule is Cc1cc(Cl)ccc1-c1ccc(C(=O)Nc2ccc3oc(N(C)CCN(C)C)nc3c2)cc1. The van der Waals surface area contributed by atoms with Crippen molar-refractivity contribution in [3.8, 4) is 11.1 Å². The van der Waals surface area contributed by atoms with Crippen molar-refractivity contribution < 1.29 is 9.21 Å². The summed E-state index contributed by atoms with van der Waals surface area (Å²) in [6.45, 7) is 3.72. The zero-order chi connectivity index (χ0) is 23.5. The molecular weight excluding hydrogens is 436 g/mol. The maximum atomic E-state index is 12.8. The summed E-state index contributed by atoms with van der Waals surface area (Å²) < 4.78 is 5.85. The molecule has 7 heteroatoms. The van der Waals surface area contributed by atoms with E-state index < -0.39 is 0 Å². The Labute approximate surface area is 198 Å². The van der Waals surface area contributed by atoms with E-state index in [1.54, 1.807) is 0 Å². The van der Waals surface area contributed by atoms with Gasteiger partial charge in [-0.2, -0.15) is 4.98 Å². The molecule has 0 saturated heterocycles. The maximum absolute atomic E-state index is 12.8. The summed E-state index contributed by atoms with van der Waals surface area (Å²) in [5.41, 5.74) is 5.85. The van der Waals surface area contributed by atoms with Gasteiger partial charge in [-0.25, -0.2) is 0 Å². The number of aryl methyl sites for hydroxylation is 1. The van der Waals surface area contributed by atoms with Crippen LogP contribution in [0, 0.1) is 6.92 Å². The van der Waals surface area contributed by atoms with E-state index in [-0.39, 0.29) is 5.91 Å². The van der Waals surface area contributed by atoms with E-state index in [1.165, 1.54) is 0 Å². The summed E-state index contributed by atoms with van der Waals surface area (Å²) in [6.07, 6.45) is 0. The molecule has 6 nitrogen and oxygen atoms in total. The van der Waals surface area contributed by atoms with E-state index in [2.05, 4.69) is 15.2 Å². The first-order valence-corrected chi connectivity index (χ1v) is 11.1. The Morgan fingerprint density at radius 3 is 2.45 bits per heavy atom. The van der Waals surface area contributed by atoms with Crippen molar-refractivity contribution in [1.82, 2.24) is 9.88 Å². The van der Waals surface area contributed by atoms with Crippen LogP contribution in [0.2, 0.25) is 5.02 Å². The minimum absolute atomic E-state index is 0.180. The topological polar surface area (TPSA) is 61.6 Å². The largest absolute Gasteiger partial charge is 0.423 e. The molecule has 3 aromatic carbocycles. The minimum Gasteiger partial charge on any atom is -0.423 e. The van der Waals surface area contributed by atoms with Gasteiger partial charge in [-0.3, -0.25) is 4.79 Å². The third-order valence-corrected chi connectivity index (χ3v) is 5.72. The van der Waals surface area contributed by atoms with Crippen molar-refractivity contribution in [1.29, 1.82) is 0 Å². The number of anilines is 2. The van der Waals surface area contributed by atoms with Crippen LogP contribution in [0.15, 0.2) is 65.1 Å². The first-order chi connectivity index (χ1) is 15.8. The molecule has 1 N–H and O–H groups in total. The zero-order valence-corrected chi connectivity index (χ0v) is 20.0. The molecular formula is C26H27ClN4O2. The van der Waals surface area contributed by atoms with Crippen LogP contribution in [-0.4, -0.2) is 50.0 Å². The molecule has 1 heterocycles. The van der Waals surface area contributed by atoms with Gasteiger partial charge in [0.15, 0.2) is 5.58 Å². The smallest absolute Gasteiger partial charge is 0.298 e. The molecule has 4 aromatic rings. The van der Waals surface area contributed by atoms with Gasteiger partial charge >= 0.3 is 0 Å². The van der Waals surface area contributed by atoms with Gasteiger partial charge in [-0.1, -0.05) is 29.8 Å². The summed E-state index contributed by atoms with van der Waals surface area (Å²) >= 11 is 6.06. The van der Waals surface area contributed by atoms with Gasteiger partial charge in [0.1, 0.15) is 5.52 Å². The zero-order valence-electron chi connectivity index (χ0n) is 19.2. The number of halogens is 1. The predicted octanol–water partition coefficient (Wildman–Crippen LogP) is 5.71. The second kappa shape index (κ2) is 9.65. The molecule has 0 radical (unpaired) electrons. The second-order valence-electron chi connectivity index (χ2n) is 8.39. The molecule has 0 aliphatic carbocycles. The molecule has 1 amide bonds. The Balaban J connectivity index is 1.47. The molecule has 33 heavy (non-hydrogen) atoms. The fourth-order valence-electron chi connectivity index (χ4n) is 3.56. The highest BCUT2D eigenvalue weighted by Crippen LogP contribution is 2.27. The molecule has 4 rings (SSSR count). The lowest BCUT2D eigenvalue weighted by Gasteiger charge is -2.17. The van der Waals surface area contributed by atoms with Crippen molar-refractivity contribution in [2.24, 2.45) is 0 Å². The number of aromatic nitrogens is 1. The van der Waals surface area contributed by atoms with Crippen LogP contribution in [0.5, 0.6) is 0 Å². The van der Waals surface area contributed by atoms with Crippen molar-refractivity contribution in [2.75, 3.05) is 44.4 Å². The van der Waals surface area contributed by atoms with Crippen LogP contribution >= 0.6 is 11.6 Å². The van der Waals surface area contributed by atoms with Crippen molar-refractivity contribution in [3.63, 3.8) is 0 Å². The molecule has 170 valence electrons. The Morgan fingerprint density at radius 2 is 1.76 bits per heavy atom. The number of amides is 1. The average Bonchev–Trinajstić information content (AvgIpc) is 3.21. The summed E-state index contributed by atoms with van der Waals surface area (Å²) in [7, 11) is 6.01. The van der Waals surface area contributed by atoms with Gasteiger partial charge in [0.25, 0.3) is 11.9 Å². The molecule has 0 spiro atoms. The number of rotatable bonds is 7. The van der Waals surface area contributed by atoms with E-state index in [9.17, 15) is 4.79 Å². The number of nitrogens with zero attached hydrogens (tertiary/aromatic N) is 3. The maximum Gasteiger partial charge on any atom is 0.298 e. The molecule has 0 unspecified atom stereocenters. The van der Waals surface area contributed by atoms with Gasteiger partial charge in [-0.05, 0) is 80.2 Å². The number of benzene rings is 3. The number of nitrogens with one attached hydrogen (secondary N) is 1. The van der Waals surface area contributed by atoms with E-state index in [0.29, 0.717) is 33.4 Å². The van der Waals surface area contributed by atoms with Crippen molar-refractivity contribution >= 4 is 40.3 Å². The molecule has 0 saturated carbocycles. The summed E-state index contributed by atoms with van der Waals surface area (Å²) in [5, 5.41) is 3.66. The van der Waals surface area contributed by atoms with Crippen LogP contribution in [0.1, 0.15) is 15.9 Å². The third kappa shape index (κ3) is 5.35. The monoisotopic (exact) mass is 462 g/mol. The van der Waals surface area contributed by atoms with Gasteiger partial charge in [0.05, 0.1) is 0 Å². The highest BCUT2D eigenvalue weighted by molar-refractivity contribution is 6.30. The molecule has 0 atom stereocenters. The number of hydrogen-bond donors (Lipinski definition) is 1. The highest BCUT2D eigenvalue weighted by atomic mass is 35.5. The lowest BCUT2D eigenvalue weighted by molar-refractivity contribution is 0.102. The summed E-state index contributed by atoms with van der Waals surface area (Å²) in [4.78, 5) is 21.4. The Hall–Kier alpha value is -3.35. The first-order valence-electron chi connectivity index (χ1n) is 10.7. The Bertz CT molecular complexity index is 1280. The number of hydrogen-bond acceptors (Lipinski definition) is 5. The van der Waals surface area contributed by atoms with Gasteiger partial charge in [0.2, 0.25) is 0 Å². The normalized spacial score (nSPS) is 11.2. The van der Waals surface area contributed by atoms with E-state index in [4.69, 9.17) is 16.0 Å². The van der Waals surface area contributed by atoms with Crippen LogP contribution in [-0.2, 0) is 0 Å². The lowest BCUT2D eigenvalue weighted by Crippen LogP contribution is -2.28. The Morgan fingerprint density at radius 1 is 1.00 bits per heavy atom. The van der Waals surface area contributed by atoms with Crippen LogP contribution in [0.3, 0.4) is 0 Å². The number of carbonyl (C=O) groups is 1. The molecule has 0 bridgehead atoms. The first kappa shape index (κ1) is 22.8. The fourth-order valence-corrected chi connectivity index (χ4v) is 3.78.